The highest BCUT2D eigenvalue weighted by molar-refractivity contribution is 9.09. The van der Waals surface area contributed by atoms with Crippen molar-refractivity contribution in [2.75, 3.05) is 13.7 Å². The smallest absolute Gasteiger partial charge is 0.305 e. The molecule has 2 fully saturated rings. The van der Waals surface area contributed by atoms with Gasteiger partial charge in [0.25, 0.3) is 0 Å². The molecule has 0 spiro atoms. The molecular formula is C14H23BrO5. The third kappa shape index (κ3) is 3.53. The van der Waals surface area contributed by atoms with Crippen LogP contribution >= 0.6 is 15.9 Å². The van der Waals surface area contributed by atoms with Crippen LogP contribution in [0.15, 0.2) is 0 Å². The standard InChI is InChI=1S/C14H23BrO5/c1-19-14(18)4-2-3-10(15)13-5-8-9(7-16)11(17)6-12(8)20-13/h8-13,16-17H,2-7H2,1H3. The van der Waals surface area contributed by atoms with Crippen LogP contribution in [0.4, 0.5) is 0 Å². The van der Waals surface area contributed by atoms with E-state index in [9.17, 15) is 15.0 Å². The molecule has 20 heavy (non-hydrogen) atoms. The molecule has 2 rings (SSSR count). The van der Waals surface area contributed by atoms with Crippen LogP contribution in [0, 0.1) is 11.8 Å². The van der Waals surface area contributed by atoms with E-state index in [-0.39, 0.29) is 41.4 Å². The van der Waals surface area contributed by atoms with Gasteiger partial charge in [-0.1, -0.05) is 15.9 Å². The third-order valence-electron chi connectivity index (χ3n) is 4.55. The summed E-state index contributed by atoms with van der Waals surface area (Å²) in [5.41, 5.74) is 0. The normalized spacial score (nSPS) is 37.7. The van der Waals surface area contributed by atoms with Gasteiger partial charge in [0.2, 0.25) is 0 Å². The van der Waals surface area contributed by atoms with Gasteiger partial charge < -0.3 is 19.7 Å². The number of rotatable bonds is 6. The lowest BCUT2D eigenvalue weighted by Crippen LogP contribution is -2.26. The third-order valence-corrected chi connectivity index (χ3v) is 5.60. The minimum absolute atomic E-state index is 0.0215. The molecule has 2 aliphatic rings. The number of aliphatic hydroxyl groups is 2. The average molecular weight is 351 g/mol. The van der Waals surface area contributed by atoms with Crippen LogP contribution < -0.4 is 0 Å². The Balaban J connectivity index is 1.77. The summed E-state index contributed by atoms with van der Waals surface area (Å²) in [6.45, 7) is 0.0215. The Kier molecular flexibility index (Phi) is 5.84. The summed E-state index contributed by atoms with van der Waals surface area (Å²) < 4.78 is 10.6. The van der Waals surface area contributed by atoms with E-state index in [0.717, 1.165) is 19.3 Å². The lowest BCUT2D eigenvalue weighted by atomic mass is 9.90. The SMILES string of the molecule is COC(=O)CCCC(Br)C1CC2C(CC(O)C2CO)O1. The maximum atomic E-state index is 11.1. The van der Waals surface area contributed by atoms with Crippen molar-refractivity contribution in [2.45, 2.75) is 55.2 Å². The second-order valence-corrected chi connectivity index (χ2v) is 6.92. The second-order valence-electron chi connectivity index (χ2n) is 5.75. The second kappa shape index (κ2) is 7.20. The molecule has 6 unspecified atom stereocenters. The van der Waals surface area contributed by atoms with E-state index in [4.69, 9.17) is 4.74 Å². The number of fused-ring (bicyclic) bond motifs is 1. The van der Waals surface area contributed by atoms with Crippen molar-refractivity contribution in [3.8, 4) is 0 Å². The predicted octanol–water partition coefficient (Wildman–Crippen LogP) is 1.24. The van der Waals surface area contributed by atoms with Gasteiger partial charge in [0.05, 0.1) is 25.4 Å². The summed E-state index contributed by atoms with van der Waals surface area (Å²) in [7, 11) is 1.40. The first kappa shape index (κ1) is 16.2. The Morgan fingerprint density at radius 1 is 1.50 bits per heavy atom. The summed E-state index contributed by atoms with van der Waals surface area (Å²) >= 11 is 3.64. The van der Waals surface area contributed by atoms with E-state index in [1.54, 1.807) is 0 Å². The molecule has 6 heteroatoms. The molecule has 0 aromatic carbocycles. The van der Waals surface area contributed by atoms with E-state index in [1.165, 1.54) is 7.11 Å². The van der Waals surface area contributed by atoms with Crippen molar-refractivity contribution in [1.29, 1.82) is 0 Å². The van der Waals surface area contributed by atoms with Crippen LogP contribution in [-0.2, 0) is 14.3 Å². The molecule has 1 saturated carbocycles. The number of ether oxygens (including phenoxy) is 2. The summed E-state index contributed by atoms with van der Waals surface area (Å²) in [5, 5.41) is 19.2. The van der Waals surface area contributed by atoms with E-state index in [2.05, 4.69) is 20.7 Å². The molecule has 0 bridgehead atoms. The van der Waals surface area contributed by atoms with Crippen LogP contribution in [0.3, 0.4) is 0 Å². The Bertz CT molecular complexity index is 338. The van der Waals surface area contributed by atoms with Crippen molar-refractivity contribution in [3.05, 3.63) is 0 Å². The topological polar surface area (TPSA) is 76.0 Å². The van der Waals surface area contributed by atoms with E-state index < -0.39 is 6.10 Å². The molecule has 6 atom stereocenters. The maximum Gasteiger partial charge on any atom is 0.305 e. The summed E-state index contributed by atoms with van der Waals surface area (Å²) in [4.78, 5) is 11.3. The van der Waals surface area contributed by atoms with Gasteiger partial charge >= 0.3 is 5.97 Å². The van der Waals surface area contributed by atoms with Gasteiger partial charge in [-0.25, -0.2) is 0 Å². The van der Waals surface area contributed by atoms with Crippen LogP contribution in [0.1, 0.15) is 32.1 Å². The number of hydrogen-bond acceptors (Lipinski definition) is 5. The number of hydrogen-bond donors (Lipinski definition) is 2. The monoisotopic (exact) mass is 350 g/mol. The molecular weight excluding hydrogens is 328 g/mol. The Morgan fingerprint density at radius 3 is 2.90 bits per heavy atom. The van der Waals surface area contributed by atoms with E-state index in [1.807, 2.05) is 0 Å². The number of alkyl halides is 1. The van der Waals surface area contributed by atoms with Crippen LogP contribution in [-0.4, -0.2) is 53.0 Å². The Hall–Kier alpha value is -0.170. The van der Waals surface area contributed by atoms with Crippen LogP contribution in [0.25, 0.3) is 0 Å². The largest absolute Gasteiger partial charge is 0.469 e. The highest BCUT2D eigenvalue weighted by Gasteiger charge is 2.49. The minimum atomic E-state index is -0.441. The van der Waals surface area contributed by atoms with Gasteiger partial charge in [-0.15, -0.1) is 0 Å². The number of aliphatic hydroxyl groups excluding tert-OH is 2. The van der Waals surface area contributed by atoms with Crippen molar-refractivity contribution in [3.63, 3.8) is 0 Å². The lowest BCUT2D eigenvalue weighted by molar-refractivity contribution is -0.140. The molecule has 5 nitrogen and oxygen atoms in total. The molecule has 1 aliphatic carbocycles. The average Bonchev–Trinajstić information content (AvgIpc) is 2.94. The van der Waals surface area contributed by atoms with Gasteiger partial charge in [0, 0.05) is 30.2 Å². The van der Waals surface area contributed by atoms with E-state index in [0.29, 0.717) is 12.8 Å². The van der Waals surface area contributed by atoms with Gasteiger partial charge in [-0.2, -0.15) is 0 Å². The zero-order valence-electron chi connectivity index (χ0n) is 11.7. The first-order valence-corrected chi connectivity index (χ1v) is 8.13. The van der Waals surface area contributed by atoms with Crippen LogP contribution in [0.2, 0.25) is 0 Å². The van der Waals surface area contributed by atoms with Crippen molar-refractivity contribution in [1.82, 2.24) is 0 Å². The summed E-state index contributed by atoms with van der Waals surface area (Å²) in [5.74, 6) is 0.0119. The van der Waals surface area contributed by atoms with Gasteiger partial charge in [0.15, 0.2) is 0 Å². The molecule has 0 radical (unpaired) electrons. The number of esters is 1. The fourth-order valence-electron chi connectivity index (χ4n) is 3.40. The Labute approximate surface area is 127 Å². The maximum absolute atomic E-state index is 11.1. The summed E-state index contributed by atoms with van der Waals surface area (Å²) in [6, 6.07) is 0. The molecule has 1 aliphatic heterocycles. The van der Waals surface area contributed by atoms with Crippen molar-refractivity contribution < 1.29 is 24.5 Å². The number of halogens is 1. The predicted molar refractivity (Wildman–Crippen MR) is 76.5 cm³/mol. The lowest BCUT2D eigenvalue weighted by Gasteiger charge is -2.21. The summed E-state index contributed by atoms with van der Waals surface area (Å²) in [6.07, 6.45) is 3.25. The number of carbonyl (C=O) groups is 1. The highest BCUT2D eigenvalue weighted by atomic mass is 79.9. The molecule has 0 aromatic rings. The Morgan fingerprint density at radius 2 is 2.25 bits per heavy atom. The fraction of sp³-hybridized carbons (Fsp3) is 0.929. The highest BCUT2D eigenvalue weighted by Crippen LogP contribution is 2.45. The molecule has 1 heterocycles. The zero-order valence-corrected chi connectivity index (χ0v) is 13.3. The van der Waals surface area contributed by atoms with E-state index >= 15 is 0 Å². The fourth-order valence-corrected chi connectivity index (χ4v) is 4.06. The molecule has 1 saturated heterocycles. The first-order chi connectivity index (χ1) is 9.56. The van der Waals surface area contributed by atoms with Gasteiger partial charge in [-0.3, -0.25) is 4.79 Å². The molecule has 2 N–H and O–H groups in total. The van der Waals surface area contributed by atoms with Crippen molar-refractivity contribution >= 4 is 21.9 Å². The first-order valence-electron chi connectivity index (χ1n) is 7.22. The minimum Gasteiger partial charge on any atom is -0.469 e. The zero-order chi connectivity index (χ0) is 14.7. The number of methoxy groups -OCH3 is 1. The molecule has 0 amide bonds. The van der Waals surface area contributed by atoms with Gasteiger partial charge in [-0.05, 0) is 25.2 Å². The van der Waals surface area contributed by atoms with Crippen LogP contribution in [0.5, 0.6) is 0 Å². The number of carbonyl (C=O) groups excluding carboxylic acids is 1. The van der Waals surface area contributed by atoms with Crippen molar-refractivity contribution in [2.24, 2.45) is 11.8 Å². The van der Waals surface area contributed by atoms with Gasteiger partial charge in [0.1, 0.15) is 0 Å². The molecule has 0 aromatic heterocycles. The quantitative estimate of drug-likeness (QED) is 0.556. The molecule has 116 valence electrons.